The van der Waals surface area contributed by atoms with Gasteiger partial charge in [-0.1, -0.05) is 42.3 Å². The van der Waals surface area contributed by atoms with E-state index in [9.17, 15) is 14.0 Å². The second-order valence-electron chi connectivity index (χ2n) is 8.41. The molecular weight excluding hydrogens is 494 g/mol. The maximum absolute atomic E-state index is 13.7. The lowest BCUT2D eigenvalue weighted by Crippen LogP contribution is -2.49. The Balaban J connectivity index is 1.64. The van der Waals surface area contributed by atoms with Crippen LogP contribution in [-0.4, -0.2) is 40.7 Å². The molecule has 4 nitrogen and oxygen atoms in total. The Morgan fingerprint density at radius 1 is 1.15 bits per heavy atom. The predicted molar refractivity (Wildman–Crippen MR) is 135 cm³/mol. The van der Waals surface area contributed by atoms with Gasteiger partial charge in [-0.15, -0.1) is 11.3 Å². The lowest BCUT2D eigenvalue weighted by Gasteiger charge is -2.38. The minimum Gasteiger partial charge on any atom is -0.330 e. The molecule has 0 aliphatic carbocycles. The molecule has 4 rings (SSSR count). The van der Waals surface area contributed by atoms with E-state index in [4.69, 9.17) is 23.2 Å². The molecule has 2 heterocycles. The number of carbonyl (C=O) groups excluding carboxylic acids is 2. The maximum atomic E-state index is 13.7. The number of halogens is 3. The Morgan fingerprint density at radius 3 is 2.56 bits per heavy atom. The number of hydrogen-bond donors (Lipinski definition) is 0. The van der Waals surface area contributed by atoms with E-state index in [1.165, 1.54) is 23.1 Å². The van der Waals surface area contributed by atoms with E-state index in [1.54, 1.807) is 45.4 Å². The average Bonchev–Trinajstić information content (AvgIpc) is 3.32. The second kappa shape index (κ2) is 10.5. The molecule has 3 aromatic rings. The molecule has 1 aromatic heterocycles. The topological polar surface area (TPSA) is 40.6 Å². The lowest BCUT2D eigenvalue weighted by atomic mass is 9.93. The van der Waals surface area contributed by atoms with Crippen LogP contribution in [0.4, 0.5) is 4.39 Å². The molecule has 34 heavy (non-hydrogen) atoms. The minimum absolute atomic E-state index is 0.0642. The number of nitrogens with zero attached hydrogens (tertiary/aromatic N) is 2. The first-order valence-electron chi connectivity index (χ1n) is 11.2. The fourth-order valence-electron chi connectivity index (χ4n) is 4.27. The summed E-state index contributed by atoms with van der Waals surface area (Å²) >= 11 is 13.8. The van der Waals surface area contributed by atoms with Crippen molar-refractivity contribution < 1.29 is 14.0 Å². The highest BCUT2D eigenvalue weighted by molar-refractivity contribution is 7.10. The first-order valence-corrected chi connectivity index (χ1v) is 12.8. The smallest absolute Gasteiger partial charge is 0.254 e. The van der Waals surface area contributed by atoms with Crippen molar-refractivity contribution in [1.29, 1.82) is 0 Å². The molecule has 0 N–H and O–H groups in total. The zero-order chi connectivity index (χ0) is 24.4. The fourth-order valence-corrected chi connectivity index (χ4v) is 5.47. The normalized spacial score (nSPS) is 16.1. The number of amides is 2. The molecule has 1 aliphatic rings. The van der Waals surface area contributed by atoms with Crippen molar-refractivity contribution in [1.82, 2.24) is 9.80 Å². The Bertz CT molecular complexity index is 1200. The van der Waals surface area contributed by atoms with Crippen LogP contribution in [0.3, 0.4) is 0 Å². The SMILES string of the molecule is CC[C@@H](C)N(CC(=O)N1CCc2sccc2[C@H]1c1ccc(F)cc1)C(=O)c1ccc(Cl)c(Cl)c1. The highest BCUT2D eigenvalue weighted by atomic mass is 35.5. The van der Waals surface area contributed by atoms with Gasteiger partial charge in [0.1, 0.15) is 12.4 Å². The third-order valence-corrected chi connectivity index (χ3v) is 8.06. The zero-order valence-corrected chi connectivity index (χ0v) is 21.3. The summed E-state index contributed by atoms with van der Waals surface area (Å²) in [5.74, 6) is -0.745. The van der Waals surface area contributed by atoms with Gasteiger partial charge in [-0.25, -0.2) is 4.39 Å². The van der Waals surface area contributed by atoms with Crippen LogP contribution in [0.1, 0.15) is 52.7 Å². The Labute approximate surface area is 212 Å². The number of fused-ring (bicyclic) bond motifs is 1. The Morgan fingerprint density at radius 2 is 1.88 bits per heavy atom. The van der Waals surface area contributed by atoms with Crippen LogP contribution in [-0.2, 0) is 11.2 Å². The molecule has 0 fully saturated rings. The maximum Gasteiger partial charge on any atom is 0.254 e. The van der Waals surface area contributed by atoms with E-state index in [2.05, 4.69) is 0 Å². The summed E-state index contributed by atoms with van der Waals surface area (Å²) in [7, 11) is 0. The quantitative estimate of drug-likeness (QED) is 0.368. The number of benzene rings is 2. The van der Waals surface area contributed by atoms with Crippen LogP contribution in [0, 0.1) is 5.82 Å². The van der Waals surface area contributed by atoms with Crippen LogP contribution in [0.25, 0.3) is 0 Å². The Kier molecular flexibility index (Phi) is 7.60. The van der Waals surface area contributed by atoms with Gasteiger partial charge in [0.05, 0.1) is 16.1 Å². The average molecular weight is 519 g/mol. The van der Waals surface area contributed by atoms with Gasteiger partial charge in [0, 0.05) is 23.0 Å². The number of rotatable bonds is 6. The van der Waals surface area contributed by atoms with Crippen molar-refractivity contribution in [2.24, 2.45) is 0 Å². The molecule has 0 radical (unpaired) electrons. The molecule has 0 unspecified atom stereocenters. The van der Waals surface area contributed by atoms with Gasteiger partial charge in [-0.05, 0) is 72.7 Å². The van der Waals surface area contributed by atoms with Crippen molar-refractivity contribution in [2.45, 2.75) is 38.8 Å². The lowest BCUT2D eigenvalue weighted by molar-refractivity contribution is -0.134. The number of carbonyl (C=O) groups is 2. The first kappa shape index (κ1) is 24.7. The van der Waals surface area contributed by atoms with Crippen LogP contribution >= 0.6 is 34.5 Å². The van der Waals surface area contributed by atoms with Crippen molar-refractivity contribution >= 4 is 46.4 Å². The molecule has 0 spiro atoms. The summed E-state index contributed by atoms with van der Waals surface area (Å²) in [6.07, 6.45) is 1.44. The first-order chi connectivity index (χ1) is 16.3. The highest BCUT2D eigenvalue weighted by Gasteiger charge is 2.35. The second-order valence-corrected chi connectivity index (χ2v) is 10.2. The van der Waals surface area contributed by atoms with Crippen molar-refractivity contribution in [3.05, 3.63) is 91.3 Å². The van der Waals surface area contributed by atoms with Gasteiger partial charge in [0.15, 0.2) is 0 Å². The Hall–Kier alpha value is -2.41. The minimum atomic E-state index is -0.321. The van der Waals surface area contributed by atoms with Crippen LogP contribution < -0.4 is 0 Å². The molecule has 0 saturated heterocycles. The summed E-state index contributed by atoms with van der Waals surface area (Å²) in [5.41, 5.74) is 2.29. The van der Waals surface area contributed by atoms with Gasteiger partial charge < -0.3 is 9.80 Å². The summed E-state index contributed by atoms with van der Waals surface area (Å²) in [4.78, 5) is 31.7. The summed E-state index contributed by atoms with van der Waals surface area (Å²) in [5, 5.41) is 2.68. The zero-order valence-electron chi connectivity index (χ0n) is 18.9. The molecule has 0 bridgehead atoms. The molecule has 2 amide bonds. The van der Waals surface area contributed by atoms with Crippen LogP contribution in [0.15, 0.2) is 53.9 Å². The summed E-state index contributed by atoms with van der Waals surface area (Å²) < 4.78 is 13.6. The van der Waals surface area contributed by atoms with Gasteiger partial charge in [0.25, 0.3) is 5.91 Å². The van der Waals surface area contributed by atoms with E-state index >= 15 is 0 Å². The summed E-state index contributed by atoms with van der Waals surface area (Å²) in [6.45, 7) is 4.37. The molecule has 2 atom stereocenters. The van der Waals surface area contributed by atoms with Crippen LogP contribution in [0.2, 0.25) is 10.0 Å². The highest BCUT2D eigenvalue weighted by Crippen LogP contribution is 2.38. The van der Waals surface area contributed by atoms with Gasteiger partial charge in [0.2, 0.25) is 5.91 Å². The van der Waals surface area contributed by atoms with E-state index in [0.717, 1.165) is 17.5 Å². The van der Waals surface area contributed by atoms with Crippen LogP contribution in [0.5, 0.6) is 0 Å². The van der Waals surface area contributed by atoms with Gasteiger partial charge in [-0.2, -0.15) is 0 Å². The van der Waals surface area contributed by atoms with E-state index in [1.807, 2.05) is 25.3 Å². The summed E-state index contributed by atoms with van der Waals surface area (Å²) in [6, 6.07) is 12.6. The monoisotopic (exact) mass is 518 g/mol. The van der Waals surface area contributed by atoms with E-state index < -0.39 is 0 Å². The third kappa shape index (κ3) is 4.99. The van der Waals surface area contributed by atoms with Crippen molar-refractivity contribution in [3.8, 4) is 0 Å². The number of hydrogen-bond acceptors (Lipinski definition) is 3. The predicted octanol–water partition coefficient (Wildman–Crippen LogP) is 6.61. The van der Waals surface area contributed by atoms with Crippen molar-refractivity contribution in [2.75, 3.05) is 13.1 Å². The third-order valence-electron chi connectivity index (χ3n) is 6.33. The molecule has 1 aliphatic heterocycles. The van der Waals surface area contributed by atoms with Gasteiger partial charge in [-0.3, -0.25) is 9.59 Å². The van der Waals surface area contributed by atoms with E-state index in [-0.39, 0.29) is 36.3 Å². The molecule has 8 heteroatoms. The van der Waals surface area contributed by atoms with E-state index in [0.29, 0.717) is 28.6 Å². The fraction of sp³-hybridized carbons (Fsp3) is 0.308. The molecule has 2 aromatic carbocycles. The standard InChI is InChI=1S/C26H25Cl2FN2O2S/c1-3-16(2)31(26(33)18-6-9-21(27)22(28)14-18)15-24(32)30-12-10-23-20(11-13-34-23)25(30)17-4-7-19(29)8-5-17/h4-9,11,13-14,16,25H,3,10,12,15H2,1-2H3/t16-,25-/m1/s1. The largest absolute Gasteiger partial charge is 0.330 e. The van der Waals surface area contributed by atoms with Crippen molar-refractivity contribution in [3.63, 3.8) is 0 Å². The molecule has 178 valence electrons. The number of thiophene rings is 1. The van der Waals surface area contributed by atoms with Gasteiger partial charge >= 0.3 is 0 Å². The molecular formula is C26H25Cl2FN2O2S. The molecule has 0 saturated carbocycles.